The number of anilines is 2. The summed E-state index contributed by atoms with van der Waals surface area (Å²) in [5.41, 5.74) is 3.26. The fourth-order valence-corrected chi connectivity index (χ4v) is 3.11. The van der Waals surface area contributed by atoms with E-state index in [1.54, 1.807) is 37.4 Å². The smallest absolute Gasteiger partial charge is 0.276 e. The van der Waals surface area contributed by atoms with Crippen LogP contribution < -0.4 is 15.4 Å². The molecule has 0 unspecified atom stereocenters. The number of rotatable bonds is 7. The SMILES string of the molecule is COc1cccc(NC(=O)c2ccc(NCCc3c[nH]c4ccccc34)nn2)c1. The number of nitrogens with one attached hydrogen (secondary N) is 3. The second kappa shape index (κ2) is 8.43. The van der Waals surface area contributed by atoms with Crippen molar-refractivity contribution in [1.29, 1.82) is 0 Å². The molecule has 2 aromatic carbocycles. The molecule has 146 valence electrons. The summed E-state index contributed by atoms with van der Waals surface area (Å²) in [6.07, 6.45) is 2.88. The number of amides is 1. The van der Waals surface area contributed by atoms with Crippen LogP contribution in [0, 0.1) is 0 Å². The van der Waals surface area contributed by atoms with Crippen molar-refractivity contribution in [3.63, 3.8) is 0 Å². The third kappa shape index (κ3) is 4.35. The highest BCUT2D eigenvalue weighted by molar-refractivity contribution is 6.02. The Morgan fingerprint density at radius 2 is 1.97 bits per heavy atom. The molecule has 0 fully saturated rings. The Labute approximate surface area is 168 Å². The van der Waals surface area contributed by atoms with Crippen LogP contribution >= 0.6 is 0 Å². The first-order valence-electron chi connectivity index (χ1n) is 9.31. The number of carbonyl (C=O) groups is 1. The molecule has 4 rings (SSSR count). The van der Waals surface area contributed by atoms with E-state index in [0.29, 0.717) is 23.8 Å². The van der Waals surface area contributed by atoms with E-state index in [-0.39, 0.29) is 11.6 Å². The summed E-state index contributed by atoms with van der Waals surface area (Å²) in [5, 5.41) is 15.4. The first-order chi connectivity index (χ1) is 14.2. The van der Waals surface area contributed by atoms with Gasteiger partial charge in [-0.3, -0.25) is 4.79 Å². The fraction of sp³-hybridized carbons (Fsp3) is 0.136. The van der Waals surface area contributed by atoms with E-state index in [9.17, 15) is 4.79 Å². The number of para-hydroxylation sites is 1. The molecule has 2 aromatic heterocycles. The summed E-state index contributed by atoms with van der Waals surface area (Å²) in [4.78, 5) is 15.6. The molecule has 0 spiro atoms. The maximum atomic E-state index is 12.3. The zero-order chi connectivity index (χ0) is 20.1. The predicted octanol–water partition coefficient (Wildman–Crippen LogP) is 3.87. The van der Waals surface area contributed by atoms with Gasteiger partial charge in [-0.05, 0) is 42.3 Å². The van der Waals surface area contributed by atoms with Crippen LogP contribution in [0.4, 0.5) is 11.5 Å². The molecule has 7 heteroatoms. The zero-order valence-electron chi connectivity index (χ0n) is 16.0. The molecule has 4 aromatic rings. The maximum Gasteiger partial charge on any atom is 0.276 e. The van der Waals surface area contributed by atoms with Crippen molar-refractivity contribution in [2.24, 2.45) is 0 Å². The highest BCUT2D eigenvalue weighted by Crippen LogP contribution is 2.19. The number of aromatic amines is 1. The number of hydrogen-bond acceptors (Lipinski definition) is 5. The van der Waals surface area contributed by atoms with E-state index in [1.165, 1.54) is 10.9 Å². The lowest BCUT2D eigenvalue weighted by Crippen LogP contribution is -2.15. The van der Waals surface area contributed by atoms with Gasteiger partial charge < -0.3 is 20.4 Å². The highest BCUT2D eigenvalue weighted by Gasteiger charge is 2.09. The van der Waals surface area contributed by atoms with Gasteiger partial charge in [0, 0.05) is 35.4 Å². The lowest BCUT2D eigenvalue weighted by molar-refractivity contribution is 0.102. The van der Waals surface area contributed by atoms with E-state index in [2.05, 4.69) is 37.9 Å². The topological polar surface area (TPSA) is 91.9 Å². The van der Waals surface area contributed by atoms with Crippen LogP contribution in [0.1, 0.15) is 16.1 Å². The third-order valence-electron chi connectivity index (χ3n) is 4.60. The largest absolute Gasteiger partial charge is 0.497 e. The number of aromatic nitrogens is 3. The van der Waals surface area contributed by atoms with Crippen molar-refractivity contribution in [1.82, 2.24) is 15.2 Å². The lowest BCUT2D eigenvalue weighted by atomic mass is 10.1. The number of fused-ring (bicyclic) bond motifs is 1. The second-order valence-corrected chi connectivity index (χ2v) is 6.53. The van der Waals surface area contributed by atoms with Gasteiger partial charge in [0.2, 0.25) is 0 Å². The number of H-pyrrole nitrogens is 1. The van der Waals surface area contributed by atoms with Crippen molar-refractivity contribution in [3.8, 4) is 5.75 Å². The first kappa shape index (κ1) is 18.5. The van der Waals surface area contributed by atoms with Gasteiger partial charge in [-0.15, -0.1) is 10.2 Å². The summed E-state index contributed by atoms with van der Waals surface area (Å²) in [6, 6.07) is 18.8. The molecule has 0 atom stereocenters. The minimum Gasteiger partial charge on any atom is -0.497 e. The van der Waals surface area contributed by atoms with Gasteiger partial charge in [0.15, 0.2) is 5.69 Å². The summed E-state index contributed by atoms with van der Waals surface area (Å²) < 4.78 is 5.16. The summed E-state index contributed by atoms with van der Waals surface area (Å²) in [6.45, 7) is 0.714. The average Bonchev–Trinajstić information content (AvgIpc) is 3.17. The molecule has 3 N–H and O–H groups in total. The molecular formula is C22H21N5O2. The zero-order valence-corrected chi connectivity index (χ0v) is 16.0. The quantitative estimate of drug-likeness (QED) is 0.448. The normalized spacial score (nSPS) is 10.7. The van der Waals surface area contributed by atoms with Crippen molar-refractivity contribution in [3.05, 3.63) is 78.1 Å². The lowest BCUT2D eigenvalue weighted by Gasteiger charge is -2.07. The number of ether oxygens (including phenoxy) is 1. The molecular weight excluding hydrogens is 366 g/mol. The number of nitrogens with zero attached hydrogens (tertiary/aromatic N) is 2. The Kier molecular flexibility index (Phi) is 5.38. The number of hydrogen-bond donors (Lipinski definition) is 3. The van der Waals surface area contributed by atoms with E-state index < -0.39 is 0 Å². The van der Waals surface area contributed by atoms with Crippen molar-refractivity contribution in [2.45, 2.75) is 6.42 Å². The molecule has 0 saturated carbocycles. The van der Waals surface area contributed by atoms with Crippen LogP contribution in [0.2, 0.25) is 0 Å². The van der Waals surface area contributed by atoms with E-state index >= 15 is 0 Å². The van der Waals surface area contributed by atoms with Crippen molar-refractivity contribution < 1.29 is 9.53 Å². The molecule has 0 aliphatic carbocycles. The van der Waals surface area contributed by atoms with Crippen LogP contribution in [0.25, 0.3) is 10.9 Å². The molecule has 2 heterocycles. The van der Waals surface area contributed by atoms with Gasteiger partial charge in [0.25, 0.3) is 5.91 Å². The minimum absolute atomic E-state index is 0.245. The first-order valence-corrected chi connectivity index (χ1v) is 9.31. The summed E-state index contributed by atoms with van der Waals surface area (Å²) >= 11 is 0. The van der Waals surface area contributed by atoms with Crippen LogP contribution in [0.15, 0.2) is 66.9 Å². The molecule has 0 saturated heterocycles. The molecule has 0 bridgehead atoms. The predicted molar refractivity (Wildman–Crippen MR) is 113 cm³/mol. The van der Waals surface area contributed by atoms with Crippen LogP contribution in [-0.2, 0) is 6.42 Å². The van der Waals surface area contributed by atoms with Crippen LogP contribution in [-0.4, -0.2) is 34.7 Å². The minimum atomic E-state index is -0.323. The van der Waals surface area contributed by atoms with E-state index in [1.807, 2.05) is 24.4 Å². The van der Waals surface area contributed by atoms with E-state index in [0.717, 1.165) is 11.9 Å². The Hall–Kier alpha value is -3.87. The van der Waals surface area contributed by atoms with Gasteiger partial charge in [0.05, 0.1) is 7.11 Å². The van der Waals surface area contributed by atoms with Gasteiger partial charge in [-0.1, -0.05) is 24.3 Å². The van der Waals surface area contributed by atoms with Crippen molar-refractivity contribution in [2.75, 3.05) is 24.3 Å². The Morgan fingerprint density at radius 3 is 2.79 bits per heavy atom. The molecule has 1 amide bonds. The highest BCUT2D eigenvalue weighted by atomic mass is 16.5. The summed E-state index contributed by atoms with van der Waals surface area (Å²) in [5.74, 6) is 0.975. The Bertz CT molecular complexity index is 1120. The Morgan fingerprint density at radius 1 is 1.07 bits per heavy atom. The number of benzene rings is 2. The van der Waals surface area contributed by atoms with E-state index in [4.69, 9.17) is 4.74 Å². The van der Waals surface area contributed by atoms with Crippen LogP contribution in [0.3, 0.4) is 0 Å². The molecule has 0 aliphatic heterocycles. The maximum absolute atomic E-state index is 12.3. The second-order valence-electron chi connectivity index (χ2n) is 6.53. The van der Waals surface area contributed by atoms with Crippen molar-refractivity contribution >= 4 is 28.3 Å². The molecule has 0 radical (unpaired) electrons. The van der Waals surface area contributed by atoms with Gasteiger partial charge in [-0.25, -0.2) is 0 Å². The molecule has 0 aliphatic rings. The number of carbonyl (C=O) groups excluding carboxylic acids is 1. The van der Waals surface area contributed by atoms with Gasteiger partial charge in [0.1, 0.15) is 11.6 Å². The average molecular weight is 387 g/mol. The van der Waals surface area contributed by atoms with Gasteiger partial charge in [-0.2, -0.15) is 0 Å². The molecule has 7 nitrogen and oxygen atoms in total. The monoisotopic (exact) mass is 387 g/mol. The molecule has 29 heavy (non-hydrogen) atoms. The Balaban J connectivity index is 1.33. The van der Waals surface area contributed by atoms with Gasteiger partial charge >= 0.3 is 0 Å². The number of methoxy groups -OCH3 is 1. The van der Waals surface area contributed by atoms with Crippen LogP contribution in [0.5, 0.6) is 5.75 Å². The standard InChI is InChI=1S/C22H21N5O2/c1-29-17-6-4-5-16(13-17)25-22(28)20-9-10-21(27-26-20)23-12-11-15-14-24-19-8-3-2-7-18(15)19/h2-10,13-14,24H,11-12H2,1H3,(H,23,27)(H,25,28). The third-order valence-corrected chi connectivity index (χ3v) is 4.60. The summed E-state index contributed by atoms with van der Waals surface area (Å²) in [7, 11) is 1.58. The fourth-order valence-electron chi connectivity index (χ4n) is 3.11.